The number of hydrogen-bond donors (Lipinski definition) is 2. The molecule has 0 saturated heterocycles. The van der Waals surface area contributed by atoms with E-state index in [1.807, 2.05) is 0 Å². The fraction of sp³-hybridized carbons (Fsp3) is 0.136. The van der Waals surface area contributed by atoms with Gasteiger partial charge in [0.2, 0.25) is 5.91 Å². The van der Waals surface area contributed by atoms with Gasteiger partial charge < -0.3 is 10.1 Å². The first-order valence-electron chi connectivity index (χ1n) is 9.38. The molecule has 31 heavy (non-hydrogen) atoms. The van der Waals surface area contributed by atoms with Gasteiger partial charge in [0.15, 0.2) is 0 Å². The zero-order chi connectivity index (χ0) is 22.3. The van der Waals surface area contributed by atoms with Gasteiger partial charge in [-0.25, -0.2) is 8.42 Å². The minimum Gasteiger partial charge on any atom is -0.494 e. The number of halogens is 2. The zero-order valence-corrected chi connectivity index (χ0v) is 18.7. The molecule has 0 unspecified atom stereocenters. The summed E-state index contributed by atoms with van der Waals surface area (Å²) in [4.78, 5) is 12.2. The highest BCUT2D eigenvalue weighted by Crippen LogP contribution is 2.21. The van der Waals surface area contributed by atoms with Crippen molar-refractivity contribution in [1.82, 2.24) is 0 Å². The fourth-order valence-electron chi connectivity index (χ4n) is 2.66. The molecule has 0 aliphatic carbocycles. The molecular weight excluding hydrogens is 459 g/mol. The molecule has 0 radical (unpaired) electrons. The first-order valence-corrected chi connectivity index (χ1v) is 11.6. The van der Waals surface area contributed by atoms with Gasteiger partial charge in [-0.2, -0.15) is 0 Å². The van der Waals surface area contributed by atoms with Crippen LogP contribution in [0, 0.1) is 0 Å². The summed E-state index contributed by atoms with van der Waals surface area (Å²) in [6, 6.07) is 19.3. The Morgan fingerprint density at radius 2 is 1.58 bits per heavy atom. The number of ether oxygens (including phenoxy) is 1. The number of carbonyl (C=O) groups is 1. The molecule has 0 aliphatic rings. The van der Waals surface area contributed by atoms with Crippen LogP contribution in [0.1, 0.15) is 12.8 Å². The molecule has 3 rings (SSSR count). The highest BCUT2D eigenvalue weighted by atomic mass is 35.5. The van der Waals surface area contributed by atoms with Crippen LogP contribution >= 0.6 is 23.2 Å². The third kappa shape index (κ3) is 7.17. The quantitative estimate of drug-likeness (QED) is 0.392. The second kappa shape index (κ2) is 10.5. The minimum atomic E-state index is -3.77. The van der Waals surface area contributed by atoms with E-state index in [0.717, 1.165) is 0 Å². The van der Waals surface area contributed by atoms with Crippen LogP contribution in [0.3, 0.4) is 0 Å². The topological polar surface area (TPSA) is 84.5 Å². The molecule has 0 atom stereocenters. The maximum Gasteiger partial charge on any atom is 0.261 e. The maximum atomic E-state index is 12.5. The molecule has 162 valence electrons. The van der Waals surface area contributed by atoms with Crippen molar-refractivity contribution < 1.29 is 17.9 Å². The second-order valence-electron chi connectivity index (χ2n) is 6.59. The Labute approximate surface area is 191 Å². The summed E-state index contributed by atoms with van der Waals surface area (Å²) in [6.45, 7) is 0.390. The summed E-state index contributed by atoms with van der Waals surface area (Å²) in [6.07, 6.45) is 0.800. The number of benzene rings is 3. The lowest BCUT2D eigenvalue weighted by atomic mass is 10.2. The zero-order valence-electron chi connectivity index (χ0n) is 16.3. The summed E-state index contributed by atoms with van der Waals surface area (Å²) in [5.41, 5.74) is 0.871. The van der Waals surface area contributed by atoms with Crippen molar-refractivity contribution in [1.29, 1.82) is 0 Å². The Hall–Kier alpha value is -2.74. The van der Waals surface area contributed by atoms with Gasteiger partial charge in [0.05, 0.1) is 17.2 Å². The van der Waals surface area contributed by atoms with Crippen LogP contribution in [0.5, 0.6) is 5.75 Å². The third-order valence-electron chi connectivity index (χ3n) is 4.16. The SMILES string of the molecule is O=C(CCCOc1ccc(Cl)cc1)Nc1ccc(S(=O)(=O)Nc2cccc(Cl)c2)cc1. The fourth-order valence-corrected chi connectivity index (χ4v) is 4.03. The number of sulfonamides is 1. The molecule has 6 nitrogen and oxygen atoms in total. The molecule has 0 heterocycles. The Morgan fingerprint density at radius 3 is 2.26 bits per heavy atom. The van der Waals surface area contributed by atoms with Gasteiger partial charge in [-0.3, -0.25) is 9.52 Å². The van der Waals surface area contributed by atoms with Crippen LogP contribution in [-0.2, 0) is 14.8 Å². The lowest BCUT2D eigenvalue weighted by molar-refractivity contribution is -0.116. The highest BCUT2D eigenvalue weighted by Gasteiger charge is 2.14. The molecule has 0 aromatic heterocycles. The Kier molecular flexibility index (Phi) is 7.79. The summed E-state index contributed by atoms with van der Waals surface area (Å²) >= 11 is 11.7. The van der Waals surface area contributed by atoms with Crippen molar-refractivity contribution in [2.45, 2.75) is 17.7 Å². The summed E-state index contributed by atoms with van der Waals surface area (Å²) in [5, 5.41) is 3.80. The van der Waals surface area contributed by atoms with E-state index in [0.29, 0.717) is 40.2 Å². The van der Waals surface area contributed by atoms with Gasteiger partial charge in [-0.05, 0) is 73.2 Å². The van der Waals surface area contributed by atoms with Gasteiger partial charge in [0.25, 0.3) is 10.0 Å². The monoisotopic (exact) mass is 478 g/mol. The number of amides is 1. The Balaban J connectivity index is 1.48. The average Bonchev–Trinajstić information content (AvgIpc) is 2.72. The molecule has 0 aliphatic heterocycles. The van der Waals surface area contributed by atoms with E-state index in [9.17, 15) is 13.2 Å². The summed E-state index contributed by atoms with van der Waals surface area (Å²) < 4.78 is 33.0. The molecule has 2 N–H and O–H groups in total. The van der Waals surface area contributed by atoms with E-state index in [4.69, 9.17) is 27.9 Å². The van der Waals surface area contributed by atoms with Crippen molar-refractivity contribution in [2.24, 2.45) is 0 Å². The first-order chi connectivity index (χ1) is 14.8. The summed E-state index contributed by atoms with van der Waals surface area (Å²) in [5.74, 6) is 0.500. The van der Waals surface area contributed by atoms with Gasteiger partial charge in [0.1, 0.15) is 5.75 Å². The number of hydrogen-bond acceptors (Lipinski definition) is 4. The van der Waals surface area contributed by atoms with Gasteiger partial charge in [-0.15, -0.1) is 0 Å². The van der Waals surface area contributed by atoms with Crippen LogP contribution in [0.2, 0.25) is 10.0 Å². The van der Waals surface area contributed by atoms with E-state index < -0.39 is 10.0 Å². The van der Waals surface area contributed by atoms with Gasteiger partial charge in [0, 0.05) is 22.2 Å². The van der Waals surface area contributed by atoms with Crippen LogP contribution in [-0.4, -0.2) is 20.9 Å². The third-order valence-corrected chi connectivity index (χ3v) is 6.04. The Morgan fingerprint density at radius 1 is 0.871 bits per heavy atom. The van der Waals surface area contributed by atoms with Crippen molar-refractivity contribution >= 4 is 50.5 Å². The lowest BCUT2D eigenvalue weighted by Gasteiger charge is -2.10. The molecule has 0 bridgehead atoms. The van der Waals surface area contributed by atoms with Crippen LogP contribution in [0.25, 0.3) is 0 Å². The maximum absolute atomic E-state index is 12.5. The smallest absolute Gasteiger partial charge is 0.261 e. The van der Waals surface area contributed by atoms with E-state index in [1.54, 1.807) is 42.5 Å². The molecule has 0 saturated carbocycles. The predicted molar refractivity (Wildman–Crippen MR) is 124 cm³/mol. The van der Waals surface area contributed by atoms with Gasteiger partial charge in [-0.1, -0.05) is 29.3 Å². The predicted octanol–water partition coefficient (Wildman–Crippen LogP) is 5.59. The van der Waals surface area contributed by atoms with E-state index in [2.05, 4.69) is 10.0 Å². The molecule has 1 amide bonds. The van der Waals surface area contributed by atoms with Crippen molar-refractivity contribution in [3.05, 3.63) is 82.8 Å². The van der Waals surface area contributed by atoms with Crippen LogP contribution < -0.4 is 14.8 Å². The standard InChI is InChI=1S/C22H20Cl2N2O4S/c23-16-6-10-20(11-7-16)30-14-2-5-22(27)25-18-8-12-21(13-9-18)31(28,29)26-19-4-1-3-17(24)15-19/h1,3-4,6-13,15,26H,2,5,14H2,(H,25,27). The molecular formula is C22H20Cl2N2O4S. The van der Waals surface area contributed by atoms with Crippen molar-refractivity contribution in [2.75, 3.05) is 16.6 Å². The van der Waals surface area contributed by atoms with E-state index in [1.165, 1.54) is 30.3 Å². The lowest BCUT2D eigenvalue weighted by Crippen LogP contribution is -2.14. The molecule has 3 aromatic rings. The largest absolute Gasteiger partial charge is 0.494 e. The number of anilines is 2. The van der Waals surface area contributed by atoms with Crippen molar-refractivity contribution in [3.63, 3.8) is 0 Å². The molecule has 0 fully saturated rings. The number of nitrogens with one attached hydrogen (secondary N) is 2. The van der Waals surface area contributed by atoms with Crippen LogP contribution in [0.15, 0.2) is 77.7 Å². The Bertz CT molecular complexity index is 1130. The van der Waals surface area contributed by atoms with Gasteiger partial charge >= 0.3 is 0 Å². The molecule has 3 aromatic carbocycles. The summed E-state index contributed by atoms with van der Waals surface area (Å²) in [7, 11) is -3.77. The molecule has 9 heteroatoms. The van der Waals surface area contributed by atoms with Crippen molar-refractivity contribution in [3.8, 4) is 5.75 Å². The first kappa shape index (κ1) is 22.9. The second-order valence-corrected chi connectivity index (χ2v) is 9.15. The minimum absolute atomic E-state index is 0.0711. The normalized spacial score (nSPS) is 11.0. The van der Waals surface area contributed by atoms with E-state index in [-0.39, 0.29) is 17.2 Å². The number of rotatable bonds is 9. The number of carbonyl (C=O) groups excluding carboxylic acids is 1. The average molecular weight is 479 g/mol. The van der Waals surface area contributed by atoms with E-state index >= 15 is 0 Å². The molecule has 0 spiro atoms. The highest BCUT2D eigenvalue weighted by molar-refractivity contribution is 7.92. The van der Waals surface area contributed by atoms with Crippen LogP contribution in [0.4, 0.5) is 11.4 Å².